The van der Waals surface area contributed by atoms with E-state index in [1.807, 2.05) is 6.92 Å². The van der Waals surface area contributed by atoms with E-state index in [2.05, 4.69) is 0 Å². The van der Waals surface area contributed by atoms with Crippen LogP contribution in [0.4, 0.5) is 0 Å². The molecule has 0 aliphatic heterocycles. The zero-order valence-electron chi connectivity index (χ0n) is 9.06. The van der Waals surface area contributed by atoms with Crippen molar-refractivity contribution in [2.75, 3.05) is 6.26 Å². The van der Waals surface area contributed by atoms with Gasteiger partial charge in [0.25, 0.3) is 0 Å². The molecule has 1 atom stereocenters. The second-order valence-corrected chi connectivity index (χ2v) is 5.61. The Morgan fingerprint density at radius 1 is 1.38 bits per heavy atom. The van der Waals surface area contributed by atoms with Gasteiger partial charge in [0.1, 0.15) is 5.75 Å². The highest BCUT2D eigenvalue weighted by Gasteiger charge is 2.30. The molecule has 0 fully saturated rings. The van der Waals surface area contributed by atoms with Crippen molar-refractivity contribution >= 4 is 15.9 Å². The summed E-state index contributed by atoms with van der Waals surface area (Å²) < 4.78 is 27.0. The summed E-state index contributed by atoms with van der Waals surface area (Å²) in [5.41, 5.74) is 1.28. The number of carbonyl (C=O) groups excluding carboxylic acids is 1. The van der Waals surface area contributed by atoms with Crippen molar-refractivity contribution in [3.63, 3.8) is 0 Å². The first-order chi connectivity index (χ1) is 7.38. The number of rotatable bonds is 2. The van der Waals surface area contributed by atoms with E-state index in [0.717, 1.165) is 6.26 Å². The van der Waals surface area contributed by atoms with E-state index in [4.69, 9.17) is 4.18 Å². The summed E-state index contributed by atoms with van der Waals surface area (Å²) in [6.45, 7) is 1.83. The van der Waals surface area contributed by atoms with E-state index in [-0.39, 0.29) is 17.5 Å². The van der Waals surface area contributed by atoms with Crippen molar-refractivity contribution in [1.29, 1.82) is 0 Å². The van der Waals surface area contributed by atoms with Crippen LogP contribution in [0.15, 0.2) is 18.2 Å². The minimum atomic E-state index is -3.55. The molecule has 0 N–H and O–H groups in total. The van der Waals surface area contributed by atoms with Gasteiger partial charge in [-0.2, -0.15) is 8.42 Å². The lowest BCUT2D eigenvalue weighted by molar-refractivity contribution is 0.0946. The molecule has 1 aliphatic rings. The summed E-state index contributed by atoms with van der Waals surface area (Å²) >= 11 is 0. The van der Waals surface area contributed by atoms with Crippen LogP contribution >= 0.6 is 0 Å². The van der Waals surface area contributed by atoms with Gasteiger partial charge in [-0.3, -0.25) is 4.79 Å². The van der Waals surface area contributed by atoms with E-state index in [1.54, 1.807) is 18.2 Å². The Bertz CT molecular complexity index is 545. The molecule has 0 amide bonds. The number of hydrogen-bond acceptors (Lipinski definition) is 4. The highest BCUT2D eigenvalue weighted by molar-refractivity contribution is 7.86. The summed E-state index contributed by atoms with van der Waals surface area (Å²) in [5.74, 6) is 0.228. The molecule has 1 unspecified atom stereocenters. The molecule has 1 aromatic rings. The molecular formula is C11H12O4S. The number of benzene rings is 1. The lowest BCUT2D eigenvalue weighted by Gasteiger charge is -2.07. The number of carbonyl (C=O) groups is 1. The van der Waals surface area contributed by atoms with Gasteiger partial charge >= 0.3 is 10.1 Å². The van der Waals surface area contributed by atoms with Crippen LogP contribution in [0.3, 0.4) is 0 Å². The van der Waals surface area contributed by atoms with Crippen LogP contribution < -0.4 is 4.18 Å². The molecule has 16 heavy (non-hydrogen) atoms. The molecule has 1 aliphatic carbocycles. The van der Waals surface area contributed by atoms with Gasteiger partial charge in [0.2, 0.25) is 0 Å². The first kappa shape index (κ1) is 11.1. The molecule has 0 aromatic heterocycles. The average molecular weight is 240 g/mol. The fourth-order valence-electron chi connectivity index (χ4n) is 1.91. The summed E-state index contributed by atoms with van der Waals surface area (Å²) in [6, 6.07) is 4.91. The largest absolute Gasteiger partial charge is 0.382 e. The fourth-order valence-corrected chi connectivity index (χ4v) is 2.39. The molecule has 0 spiro atoms. The molecule has 0 heterocycles. The maximum absolute atomic E-state index is 11.7. The van der Waals surface area contributed by atoms with Crippen LogP contribution in [0.1, 0.15) is 22.8 Å². The third-order valence-electron chi connectivity index (χ3n) is 2.60. The van der Waals surface area contributed by atoms with E-state index >= 15 is 0 Å². The Kier molecular flexibility index (Phi) is 2.50. The standard InChI is InChI=1S/C11H12O4S/c1-7-6-9-8(11(7)12)4-3-5-10(9)15-16(2,13)14/h3-5,7H,6H2,1-2H3. The van der Waals surface area contributed by atoms with E-state index in [0.29, 0.717) is 17.5 Å². The van der Waals surface area contributed by atoms with Gasteiger partial charge in [0.15, 0.2) is 5.78 Å². The molecule has 0 bridgehead atoms. The Labute approximate surface area is 94.4 Å². The van der Waals surface area contributed by atoms with Crippen molar-refractivity contribution in [1.82, 2.24) is 0 Å². The molecule has 0 radical (unpaired) electrons. The first-order valence-electron chi connectivity index (χ1n) is 4.94. The topological polar surface area (TPSA) is 60.4 Å². The molecule has 0 saturated heterocycles. The minimum absolute atomic E-state index is 0.0500. The van der Waals surface area contributed by atoms with Gasteiger partial charge in [-0.15, -0.1) is 0 Å². The maximum Gasteiger partial charge on any atom is 0.306 e. The Morgan fingerprint density at radius 3 is 2.69 bits per heavy atom. The lowest BCUT2D eigenvalue weighted by atomic mass is 10.1. The Morgan fingerprint density at radius 2 is 2.06 bits per heavy atom. The highest BCUT2D eigenvalue weighted by atomic mass is 32.2. The van der Waals surface area contributed by atoms with Crippen molar-refractivity contribution in [3.05, 3.63) is 29.3 Å². The monoisotopic (exact) mass is 240 g/mol. The Balaban J connectivity index is 2.48. The van der Waals surface area contributed by atoms with Gasteiger partial charge in [0, 0.05) is 17.0 Å². The van der Waals surface area contributed by atoms with Crippen molar-refractivity contribution in [2.24, 2.45) is 5.92 Å². The summed E-state index contributed by atoms with van der Waals surface area (Å²) in [7, 11) is -3.55. The van der Waals surface area contributed by atoms with Crippen LogP contribution in [0, 0.1) is 5.92 Å². The van der Waals surface area contributed by atoms with Crippen LogP contribution in [0.5, 0.6) is 5.75 Å². The smallest absolute Gasteiger partial charge is 0.306 e. The second-order valence-electron chi connectivity index (χ2n) is 4.04. The van der Waals surface area contributed by atoms with Crippen LogP contribution in [0.25, 0.3) is 0 Å². The van der Waals surface area contributed by atoms with Gasteiger partial charge < -0.3 is 4.18 Å². The Hall–Kier alpha value is -1.36. The quantitative estimate of drug-likeness (QED) is 0.733. The number of ketones is 1. The van der Waals surface area contributed by atoms with Gasteiger partial charge in [-0.1, -0.05) is 19.1 Å². The molecule has 4 nitrogen and oxygen atoms in total. The fraction of sp³-hybridized carbons (Fsp3) is 0.364. The number of Topliss-reactive ketones (excluding diaryl/α,β-unsaturated/α-hetero) is 1. The van der Waals surface area contributed by atoms with E-state index in [9.17, 15) is 13.2 Å². The van der Waals surface area contributed by atoms with Crippen LogP contribution in [0.2, 0.25) is 0 Å². The normalized spacial score (nSPS) is 19.6. The summed E-state index contributed by atoms with van der Waals surface area (Å²) in [5, 5.41) is 0. The average Bonchev–Trinajstić information content (AvgIpc) is 2.43. The predicted molar refractivity (Wildman–Crippen MR) is 59.1 cm³/mol. The molecule has 2 rings (SSSR count). The van der Waals surface area contributed by atoms with E-state index in [1.165, 1.54) is 0 Å². The predicted octanol–water partition coefficient (Wildman–Crippen LogP) is 1.40. The molecule has 86 valence electrons. The van der Waals surface area contributed by atoms with Gasteiger partial charge in [0.05, 0.1) is 6.26 Å². The van der Waals surface area contributed by atoms with E-state index < -0.39 is 10.1 Å². The third kappa shape index (κ3) is 1.95. The van der Waals surface area contributed by atoms with Crippen LogP contribution in [-0.2, 0) is 16.5 Å². The zero-order valence-corrected chi connectivity index (χ0v) is 9.87. The number of fused-ring (bicyclic) bond motifs is 1. The molecule has 0 saturated carbocycles. The maximum atomic E-state index is 11.7. The molecular weight excluding hydrogens is 228 g/mol. The lowest BCUT2D eigenvalue weighted by Crippen LogP contribution is -2.07. The van der Waals surface area contributed by atoms with Crippen molar-refractivity contribution < 1.29 is 17.4 Å². The number of hydrogen-bond donors (Lipinski definition) is 0. The second kappa shape index (κ2) is 3.59. The van der Waals surface area contributed by atoms with Gasteiger partial charge in [-0.05, 0) is 12.5 Å². The molecule has 5 heteroatoms. The van der Waals surface area contributed by atoms with Gasteiger partial charge in [-0.25, -0.2) is 0 Å². The molecule has 1 aromatic carbocycles. The first-order valence-corrected chi connectivity index (χ1v) is 6.75. The van der Waals surface area contributed by atoms with Crippen molar-refractivity contribution in [3.8, 4) is 5.75 Å². The van der Waals surface area contributed by atoms with Crippen molar-refractivity contribution in [2.45, 2.75) is 13.3 Å². The summed E-state index contributed by atoms with van der Waals surface area (Å²) in [6.07, 6.45) is 1.53. The van der Waals surface area contributed by atoms with Crippen LogP contribution in [-0.4, -0.2) is 20.5 Å². The summed E-state index contributed by atoms with van der Waals surface area (Å²) in [4.78, 5) is 11.7. The third-order valence-corrected chi connectivity index (χ3v) is 3.08. The minimum Gasteiger partial charge on any atom is -0.382 e. The highest BCUT2D eigenvalue weighted by Crippen LogP contribution is 2.33. The SMILES string of the molecule is CC1Cc2c(OS(C)(=O)=O)cccc2C1=O. The zero-order chi connectivity index (χ0) is 11.9.